The van der Waals surface area contributed by atoms with Crippen molar-refractivity contribution < 1.29 is 17.9 Å². The number of hydrogen-bond acceptors (Lipinski definition) is 9. The summed E-state index contributed by atoms with van der Waals surface area (Å²) in [6.45, 7) is 1.03. The maximum atomic E-state index is 13.3. The number of aromatic nitrogens is 4. The minimum absolute atomic E-state index is 0.123. The summed E-state index contributed by atoms with van der Waals surface area (Å²) in [5.74, 6) is 0.954. The van der Waals surface area contributed by atoms with Crippen molar-refractivity contribution in [1.82, 2.24) is 19.5 Å². The third kappa shape index (κ3) is 3.97. The number of fused-ring (bicyclic) bond motifs is 1. The summed E-state index contributed by atoms with van der Waals surface area (Å²) < 4.78 is 47.5. The van der Waals surface area contributed by atoms with Crippen molar-refractivity contribution in [2.75, 3.05) is 23.7 Å². The minimum atomic E-state index is -4.70. The number of piperidine rings is 1. The molecule has 0 bridgehead atoms. The average Bonchev–Trinajstić information content (AvgIpc) is 3.10. The van der Waals surface area contributed by atoms with Crippen molar-refractivity contribution >= 4 is 23.5 Å². The smallest absolute Gasteiger partial charge is 0.434 e. The summed E-state index contributed by atoms with van der Waals surface area (Å²) in [6, 6.07) is 7.43. The normalized spacial score (nSPS) is 19.0. The van der Waals surface area contributed by atoms with E-state index < -0.39 is 23.0 Å². The van der Waals surface area contributed by atoms with Crippen LogP contribution in [0.2, 0.25) is 0 Å². The molecule has 4 heterocycles. The third-order valence-corrected chi connectivity index (χ3v) is 7.54. The molecule has 9 nitrogen and oxygen atoms in total. The van der Waals surface area contributed by atoms with Gasteiger partial charge in [0.15, 0.2) is 5.69 Å². The number of alkyl halides is 3. The van der Waals surface area contributed by atoms with Crippen LogP contribution < -0.4 is 26.7 Å². The summed E-state index contributed by atoms with van der Waals surface area (Å²) in [7, 11) is 1.51. The van der Waals surface area contributed by atoms with Crippen LogP contribution in [0.5, 0.6) is 5.75 Å². The van der Waals surface area contributed by atoms with Crippen LogP contribution in [0.3, 0.4) is 0 Å². The molecule has 1 aromatic carbocycles. The van der Waals surface area contributed by atoms with Gasteiger partial charge in [0, 0.05) is 44.7 Å². The Hall–Kier alpha value is -3.32. The third-order valence-electron chi connectivity index (χ3n) is 6.44. The lowest BCUT2D eigenvalue weighted by Gasteiger charge is -2.41. The largest absolute Gasteiger partial charge is 0.485 e. The van der Waals surface area contributed by atoms with E-state index in [0.29, 0.717) is 43.6 Å². The lowest BCUT2D eigenvalue weighted by molar-refractivity contribution is -0.143. The van der Waals surface area contributed by atoms with Crippen molar-refractivity contribution in [1.29, 1.82) is 0 Å². The predicted molar refractivity (Wildman–Crippen MR) is 123 cm³/mol. The Morgan fingerprint density at radius 3 is 2.63 bits per heavy atom. The lowest BCUT2D eigenvalue weighted by atomic mass is 9.83. The maximum Gasteiger partial charge on any atom is 0.434 e. The van der Waals surface area contributed by atoms with E-state index >= 15 is 0 Å². The Kier molecular flexibility index (Phi) is 5.63. The van der Waals surface area contributed by atoms with Gasteiger partial charge in [0.25, 0.3) is 5.56 Å². The van der Waals surface area contributed by atoms with E-state index in [0.717, 1.165) is 23.8 Å². The van der Waals surface area contributed by atoms with Gasteiger partial charge in [-0.1, -0.05) is 30.0 Å². The standard InChI is InChI=1S/C22H22F3N7O2S/c1-31-19(33)15(35-14-10-28-11-29-17(14)22(23,24)25)18(27)30-20(31)32-8-6-21(7-9-32)16(26)12-4-2-3-5-13(12)34-21/h2-5,10-11,16H,6-9,26-27H2,1H3/t16-/m1/s1. The van der Waals surface area contributed by atoms with Crippen molar-refractivity contribution in [3.8, 4) is 5.75 Å². The molecule has 1 spiro atoms. The van der Waals surface area contributed by atoms with Crippen molar-refractivity contribution in [2.45, 2.75) is 40.5 Å². The van der Waals surface area contributed by atoms with Crippen molar-refractivity contribution in [3.05, 3.63) is 58.4 Å². The monoisotopic (exact) mass is 505 g/mol. The zero-order chi connectivity index (χ0) is 25.0. The molecule has 184 valence electrons. The number of nitrogens with zero attached hydrogens (tertiary/aromatic N) is 5. The second kappa shape index (κ2) is 8.41. The molecule has 13 heteroatoms. The van der Waals surface area contributed by atoms with Gasteiger partial charge in [-0.3, -0.25) is 9.36 Å². The molecule has 1 fully saturated rings. The molecule has 0 saturated carbocycles. The van der Waals surface area contributed by atoms with E-state index in [9.17, 15) is 18.0 Å². The van der Waals surface area contributed by atoms with Crippen LogP contribution in [0.1, 0.15) is 30.1 Å². The molecule has 0 aliphatic carbocycles. The molecule has 0 unspecified atom stereocenters. The minimum Gasteiger partial charge on any atom is -0.485 e. The fourth-order valence-electron chi connectivity index (χ4n) is 4.57. The fourth-order valence-corrected chi connectivity index (χ4v) is 5.55. The average molecular weight is 506 g/mol. The Morgan fingerprint density at radius 1 is 1.23 bits per heavy atom. The maximum absolute atomic E-state index is 13.3. The summed E-state index contributed by atoms with van der Waals surface area (Å²) in [5, 5.41) is 0. The Morgan fingerprint density at radius 2 is 1.94 bits per heavy atom. The van der Waals surface area contributed by atoms with E-state index in [1.54, 1.807) is 0 Å². The second-order valence-corrected chi connectivity index (χ2v) is 9.55. The second-order valence-electron chi connectivity index (χ2n) is 8.50. The SMILES string of the molecule is Cn1c(N2CCC3(CC2)Oc2ccccc2[C@H]3N)nc(N)c(Sc2cncnc2C(F)(F)F)c1=O. The number of para-hydroxylation sites is 1. The topological polar surface area (TPSA) is 125 Å². The van der Waals surface area contributed by atoms with Gasteiger partial charge in [0.2, 0.25) is 5.95 Å². The summed E-state index contributed by atoms with van der Waals surface area (Å²) in [6.07, 6.45) is -1.69. The highest BCUT2D eigenvalue weighted by Gasteiger charge is 2.48. The Bertz CT molecular complexity index is 1340. The van der Waals surface area contributed by atoms with Crippen LogP contribution in [0.4, 0.5) is 24.9 Å². The number of nitrogen functional groups attached to an aromatic ring is 1. The van der Waals surface area contributed by atoms with Crippen LogP contribution in [0.15, 0.2) is 51.4 Å². The van der Waals surface area contributed by atoms with E-state index in [1.807, 2.05) is 29.2 Å². The summed E-state index contributed by atoms with van der Waals surface area (Å²) in [5.41, 5.74) is 11.3. The quantitative estimate of drug-likeness (QED) is 0.553. The van der Waals surface area contributed by atoms with Crippen molar-refractivity contribution in [2.24, 2.45) is 12.8 Å². The summed E-state index contributed by atoms with van der Waals surface area (Å²) in [4.78, 5) is 25.9. The van der Waals surface area contributed by atoms with Crippen LogP contribution in [0, 0.1) is 0 Å². The first kappa shape index (κ1) is 23.4. The number of nitrogens with two attached hydrogens (primary N) is 2. The first-order valence-corrected chi connectivity index (χ1v) is 11.6. The molecule has 35 heavy (non-hydrogen) atoms. The zero-order valence-corrected chi connectivity index (χ0v) is 19.4. The molecule has 1 atom stereocenters. The molecule has 2 aliphatic rings. The van der Waals surface area contributed by atoms with Crippen LogP contribution in [-0.4, -0.2) is 38.2 Å². The van der Waals surface area contributed by atoms with Gasteiger partial charge in [-0.25, -0.2) is 9.97 Å². The van der Waals surface area contributed by atoms with Gasteiger partial charge in [0.05, 0.1) is 10.9 Å². The number of rotatable bonds is 3. The molecule has 2 aliphatic heterocycles. The van der Waals surface area contributed by atoms with Gasteiger partial charge < -0.3 is 21.1 Å². The Labute approximate surface area is 202 Å². The van der Waals surface area contributed by atoms with Gasteiger partial charge in [-0.05, 0) is 6.07 Å². The van der Waals surface area contributed by atoms with Crippen LogP contribution in [0.25, 0.3) is 0 Å². The van der Waals surface area contributed by atoms with Crippen molar-refractivity contribution in [3.63, 3.8) is 0 Å². The highest BCUT2D eigenvalue weighted by Crippen LogP contribution is 2.47. The highest BCUT2D eigenvalue weighted by atomic mass is 32.2. The van der Waals surface area contributed by atoms with Gasteiger partial charge in [0.1, 0.15) is 28.4 Å². The first-order chi connectivity index (χ1) is 16.6. The molecular weight excluding hydrogens is 483 g/mol. The molecule has 3 aromatic rings. The first-order valence-electron chi connectivity index (χ1n) is 10.8. The number of halogens is 3. The van der Waals surface area contributed by atoms with Crippen LogP contribution in [-0.2, 0) is 13.2 Å². The number of ether oxygens (including phenoxy) is 1. The molecule has 1 saturated heterocycles. The fraction of sp³-hybridized carbons (Fsp3) is 0.364. The van der Waals surface area contributed by atoms with E-state index in [-0.39, 0.29) is 21.7 Å². The van der Waals surface area contributed by atoms with Gasteiger partial charge >= 0.3 is 6.18 Å². The summed E-state index contributed by atoms with van der Waals surface area (Å²) >= 11 is 0.551. The number of benzene rings is 1. The zero-order valence-electron chi connectivity index (χ0n) is 18.6. The highest BCUT2D eigenvalue weighted by molar-refractivity contribution is 7.99. The number of hydrogen-bond donors (Lipinski definition) is 2. The molecule has 5 rings (SSSR count). The van der Waals surface area contributed by atoms with E-state index in [1.165, 1.54) is 11.6 Å². The molecule has 2 aromatic heterocycles. The van der Waals surface area contributed by atoms with E-state index in [2.05, 4.69) is 15.0 Å². The van der Waals surface area contributed by atoms with E-state index in [4.69, 9.17) is 16.2 Å². The van der Waals surface area contributed by atoms with Crippen LogP contribution >= 0.6 is 11.8 Å². The molecule has 4 N–H and O–H groups in total. The lowest BCUT2D eigenvalue weighted by Crippen LogP contribution is -2.52. The molecule has 0 amide bonds. The van der Waals surface area contributed by atoms with Gasteiger partial charge in [-0.15, -0.1) is 0 Å². The predicted octanol–water partition coefficient (Wildman–Crippen LogP) is 2.75. The molecule has 0 radical (unpaired) electrons. The Balaban J connectivity index is 1.39. The molecular formula is C22H22F3N7O2S. The number of anilines is 2. The van der Waals surface area contributed by atoms with Gasteiger partial charge in [-0.2, -0.15) is 18.2 Å².